The van der Waals surface area contributed by atoms with Crippen molar-refractivity contribution in [2.45, 2.75) is 18.9 Å². The Bertz CT molecular complexity index is 900. The molecule has 2 aliphatic heterocycles. The van der Waals surface area contributed by atoms with E-state index in [-0.39, 0.29) is 0 Å². The summed E-state index contributed by atoms with van der Waals surface area (Å²) in [6.07, 6.45) is 9.30. The van der Waals surface area contributed by atoms with Gasteiger partial charge in [-0.15, -0.1) is 0 Å². The Labute approximate surface area is 171 Å². The Morgan fingerprint density at radius 2 is 1.66 bits per heavy atom. The molecule has 5 rings (SSSR count). The molecular weight excluding hydrogens is 364 g/mol. The van der Waals surface area contributed by atoms with Gasteiger partial charge in [-0.25, -0.2) is 15.0 Å². The first-order valence-corrected chi connectivity index (χ1v) is 10.4. The number of piperidine rings is 1. The molecule has 2 saturated heterocycles. The fourth-order valence-electron chi connectivity index (χ4n) is 4.45. The average Bonchev–Trinajstić information content (AvgIpc) is 3.35. The van der Waals surface area contributed by atoms with E-state index in [9.17, 15) is 0 Å². The zero-order valence-corrected chi connectivity index (χ0v) is 16.5. The van der Waals surface area contributed by atoms with Gasteiger partial charge in [-0.2, -0.15) is 0 Å². The van der Waals surface area contributed by atoms with Crippen LogP contribution >= 0.6 is 0 Å². The number of oxazole rings is 1. The van der Waals surface area contributed by atoms with Gasteiger partial charge in [0.05, 0.1) is 6.20 Å². The number of anilines is 2. The van der Waals surface area contributed by atoms with Crippen molar-refractivity contribution in [3.05, 3.63) is 55.3 Å². The van der Waals surface area contributed by atoms with E-state index in [1.165, 1.54) is 24.9 Å². The van der Waals surface area contributed by atoms with E-state index in [4.69, 9.17) is 4.42 Å². The Balaban J connectivity index is 1.16. The van der Waals surface area contributed by atoms with Crippen molar-refractivity contribution >= 4 is 11.6 Å². The minimum atomic E-state index is 0.669. The zero-order chi connectivity index (χ0) is 19.5. The maximum atomic E-state index is 5.45. The number of piperazine rings is 1. The van der Waals surface area contributed by atoms with Crippen LogP contribution in [0.3, 0.4) is 0 Å². The molecule has 0 amide bonds. The first-order chi connectivity index (χ1) is 14.4. The molecule has 0 saturated carbocycles. The van der Waals surface area contributed by atoms with Gasteiger partial charge in [0.25, 0.3) is 0 Å². The van der Waals surface area contributed by atoms with E-state index in [0.717, 1.165) is 56.5 Å². The van der Waals surface area contributed by atoms with E-state index in [1.807, 2.05) is 18.5 Å². The smallest absolute Gasteiger partial charge is 0.225 e. The summed E-state index contributed by atoms with van der Waals surface area (Å²) in [6, 6.07) is 11.1. The lowest BCUT2D eigenvalue weighted by Crippen LogP contribution is -2.53. The molecule has 0 unspecified atom stereocenters. The highest BCUT2D eigenvalue weighted by Crippen LogP contribution is 2.28. The lowest BCUT2D eigenvalue weighted by Gasteiger charge is -2.43. The van der Waals surface area contributed by atoms with Crippen molar-refractivity contribution in [1.82, 2.24) is 19.9 Å². The Morgan fingerprint density at radius 3 is 2.38 bits per heavy atom. The predicted octanol–water partition coefficient (Wildman–Crippen LogP) is 2.92. The first-order valence-electron chi connectivity index (χ1n) is 10.4. The summed E-state index contributed by atoms with van der Waals surface area (Å²) in [5, 5.41) is 0. The summed E-state index contributed by atoms with van der Waals surface area (Å²) in [5.74, 6) is 1.68. The summed E-state index contributed by atoms with van der Waals surface area (Å²) < 4.78 is 5.45. The van der Waals surface area contributed by atoms with E-state index in [2.05, 4.69) is 53.9 Å². The zero-order valence-electron chi connectivity index (χ0n) is 16.5. The standard InChI is InChI=1S/C22H26N6O/c1-3-18(21-16-23-17-29-21)15-20(4-1)26-9-5-19(6-10-26)27-11-13-28(14-12-27)22-24-7-2-8-25-22/h1-4,7-8,15-17,19H,5-6,9-14H2. The van der Waals surface area contributed by atoms with Crippen LogP contribution in [0.2, 0.25) is 0 Å². The van der Waals surface area contributed by atoms with Gasteiger partial charge >= 0.3 is 0 Å². The largest absolute Gasteiger partial charge is 0.444 e. The molecule has 3 aromatic rings. The number of hydrogen-bond acceptors (Lipinski definition) is 7. The summed E-state index contributed by atoms with van der Waals surface area (Å²) in [5.41, 5.74) is 2.35. The fraction of sp³-hybridized carbons (Fsp3) is 0.409. The Kier molecular flexibility index (Phi) is 5.13. The molecule has 2 aliphatic rings. The Hall–Kier alpha value is -2.93. The highest BCUT2D eigenvalue weighted by molar-refractivity contribution is 5.64. The van der Waals surface area contributed by atoms with E-state index in [0.29, 0.717) is 6.04 Å². The molecule has 1 aromatic carbocycles. The molecule has 7 nitrogen and oxygen atoms in total. The van der Waals surface area contributed by atoms with Crippen molar-refractivity contribution < 1.29 is 4.42 Å². The molecule has 0 bridgehead atoms. The maximum Gasteiger partial charge on any atom is 0.225 e. The van der Waals surface area contributed by atoms with Gasteiger partial charge in [-0.1, -0.05) is 12.1 Å². The predicted molar refractivity (Wildman–Crippen MR) is 113 cm³/mol. The van der Waals surface area contributed by atoms with E-state index < -0.39 is 0 Å². The monoisotopic (exact) mass is 390 g/mol. The Morgan fingerprint density at radius 1 is 0.862 bits per heavy atom. The number of benzene rings is 1. The van der Waals surface area contributed by atoms with Crippen LogP contribution in [0.15, 0.2) is 59.7 Å². The molecule has 0 spiro atoms. The minimum absolute atomic E-state index is 0.669. The third kappa shape index (κ3) is 3.96. The summed E-state index contributed by atoms with van der Waals surface area (Å²) >= 11 is 0. The topological polar surface area (TPSA) is 61.5 Å². The number of nitrogens with zero attached hydrogens (tertiary/aromatic N) is 6. The second-order valence-electron chi connectivity index (χ2n) is 7.71. The third-order valence-electron chi connectivity index (χ3n) is 6.06. The van der Waals surface area contributed by atoms with E-state index >= 15 is 0 Å². The summed E-state index contributed by atoms with van der Waals surface area (Å²) in [7, 11) is 0. The first kappa shape index (κ1) is 18.1. The lowest BCUT2D eigenvalue weighted by molar-refractivity contribution is 0.159. The second kappa shape index (κ2) is 8.21. The van der Waals surface area contributed by atoms with Gasteiger partial charge in [0.1, 0.15) is 0 Å². The average molecular weight is 390 g/mol. The minimum Gasteiger partial charge on any atom is -0.444 e. The van der Waals surface area contributed by atoms with Gasteiger partial charge in [0.15, 0.2) is 12.2 Å². The van der Waals surface area contributed by atoms with E-state index in [1.54, 1.807) is 6.20 Å². The molecule has 0 radical (unpaired) electrons. The van der Waals surface area contributed by atoms with Crippen molar-refractivity contribution in [2.24, 2.45) is 0 Å². The molecule has 0 atom stereocenters. The molecule has 29 heavy (non-hydrogen) atoms. The molecule has 0 N–H and O–H groups in total. The van der Waals surface area contributed by atoms with Crippen LogP contribution in [0.1, 0.15) is 12.8 Å². The second-order valence-corrected chi connectivity index (χ2v) is 7.71. The SMILES string of the molecule is c1cnc(N2CCN(C3CCN(c4cccc(-c5cnco5)c4)CC3)CC2)nc1. The normalized spacial score (nSPS) is 18.9. The van der Waals surface area contributed by atoms with Crippen LogP contribution in [-0.4, -0.2) is 65.2 Å². The quantitative estimate of drug-likeness (QED) is 0.679. The molecule has 2 fully saturated rings. The fourth-order valence-corrected chi connectivity index (χ4v) is 4.45. The van der Waals surface area contributed by atoms with Gasteiger partial charge in [-0.05, 0) is 31.0 Å². The van der Waals surface area contributed by atoms with Crippen molar-refractivity contribution in [1.29, 1.82) is 0 Å². The molecule has 0 aliphatic carbocycles. The van der Waals surface area contributed by atoms with Gasteiger partial charge in [0.2, 0.25) is 5.95 Å². The summed E-state index contributed by atoms with van der Waals surface area (Å²) in [4.78, 5) is 20.2. The lowest BCUT2D eigenvalue weighted by atomic mass is 10.0. The van der Waals surface area contributed by atoms with Gasteiger partial charge < -0.3 is 14.2 Å². The number of aromatic nitrogens is 3. The van der Waals surface area contributed by atoms with Crippen molar-refractivity contribution in [2.75, 3.05) is 49.1 Å². The van der Waals surface area contributed by atoms with Gasteiger partial charge in [0, 0.05) is 69.0 Å². The van der Waals surface area contributed by atoms with Crippen LogP contribution in [0, 0.1) is 0 Å². The molecular formula is C22H26N6O. The number of hydrogen-bond donors (Lipinski definition) is 0. The van der Waals surface area contributed by atoms with Crippen LogP contribution in [0.4, 0.5) is 11.6 Å². The van der Waals surface area contributed by atoms with Crippen LogP contribution in [0.25, 0.3) is 11.3 Å². The molecule has 7 heteroatoms. The van der Waals surface area contributed by atoms with Crippen molar-refractivity contribution in [3.63, 3.8) is 0 Å². The molecule has 150 valence electrons. The molecule has 4 heterocycles. The number of rotatable bonds is 4. The highest BCUT2D eigenvalue weighted by Gasteiger charge is 2.28. The summed E-state index contributed by atoms with van der Waals surface area (Å²) in [6.45, 7) is 6.36. The van der Waals surface area contributed by atoms with Crippen LogP contribution in [-0.2, 0) is 0 Å². The van der Waals surface area contributed by atoms with Crippen LogP contribution in [0.5, 0.6) is 0 Å². The third-order valence-corrected chi connectivity index (χ3v) is 6.06. The van der Waals surface area contributed by atoms with Crippen molar-refractivity contribution in [3.8, 4) is 11.3 Å². The maximum absolute atomic E-state index is 5.45. The highest BCUT2D eigenvalue weighted by atomic mass is 16.3. The van der Waals surface area contributed by atoms with Gasteiger partial charge in [-0.3, -0.25) is 4.90 Å². The van der Waals surface area contributed by atoms with Crippen LogP contribution < -0.4 is 9.80 Å². The molecule has 2 aromatic heterocycles.